The van der Waals surface area contributed by atoms with Crippen molar-refractivity contribution in [2.75, 3.05) is 0 Å². The van der Waals surface area contributed by atoms with Crippen molar-refractivity contribution >= 4 is 0 Å². The molecule has 0 N–H and O–H groups in total. The first kappa shape index (κ1) is 17.0. The van der Waals surface area contributed by atoms with Crippen molar-refractivity contribution < 1.29 is 0 Å². The summed E-state index contributed by atoms with van der Waals surface area (Å²) in [5, 5.41) is 0. The second kappa shape index (κ2) is 10.7. The number of nitrogens with zero attached hydrogens (tertiary/aromatic N) is 2. The van der Waals surface area contributed by atoms with Crippen LogP contribution in [0, 0.1) is 0 Å². The molecule has 2 heteroatoms. The highest BCUT2D eigenvalue weighted by Crippen LogP contribution is 2.11. The molecule has 0 radical (unpaired) electrons. The van der Waals surface area contributed by atoms with Gasteiger partial charge in [0.05, 0.1) is 5.69 Å². The van der Waals surface area contributed by atoms with Gasteiger partial charge in [-0.2, -0.15) is 0 Å². The van der Waals surface area contributed by atoms with E-state index in [1.807, 2.05) is 6.08 Å². The summed E-state index contributed by atoms with van der Waals surface area (Å²) in [6.45, 7) is 9.38. The molecule has 0 atom stereocenters. The predicted molar refractivity (Wildman–Crippen MR) is 88.1 cm³/mol. The number of imidazole rings is 1. The second-order valence-corrected chi connectivity index (χ2v) is 5.66. The summed E-state index contributed by atoms with van der Waals surface area (Å²) in [6, 6.07) is 0. The monoisotopic (exact) mass is 276 g/mol. The maximum atomic E-state index is 4.66. The zero-order valence-corrected chi connectivity index (χ0v) is 13.5. The SMILES string of the molecule is C=CCc1cn(CCCCCCCCCC)c(CC)n1. The first-order valence-electron chi connectivity index (χ1n) is 8.47. The van der Waals surface area contributed by atoms with E-state index < -0.39 is 0 Å². The molecule has 1 heterocycles. The Morgan fingerprint density at radius 1 is 1.05 bits per heavy atom. The van der Waals surface area contributed by atoms with Crippen LogP contribution in [0.1, 0.15) is 76.7 Å². The van der Waals surface area contributed by atoms with Gasteiger partial charge in [0.1, 0.15) is 5.82 Å². The normalized spacial score (nSPS) is 10.9. The van der Waals surface area contributed by atoms with E-state index in [1.165, 1.54) is 57.2 Å². The summed E-state index contributed by atoms with van der Waals surface area (Å²) >= 11 is 0. The Bertz CT molecular complexity index is 365. The Balaban J connectivity index is 2.19. The lowest BCUT2D eigenvalue weighted by Gasteiger charge is -2.06. The Kier molecular flexibility index (Phi) is 9.10. The molecule has 20 heavy (non-hydrogen) atoms. The molecule has 0 saturated heterocycles. The van der Waals surface area contributed by atoms with Gasteiger partial charge in [-0.05, 0) is 6.42 Å². The standard InChI is InChI=1S/C18H32N2/c1-4-7-8-9-10-11-12-13-15-20-16-17(14-5-2)19-18(20)6-3/h5,16H,2,4,6-15H2,1,3H3. The van der Waals surface area contributed by atoms with Crippen molar-refractivity contribution in [1.29, 1.82) is 0 Å². The van der Waals surface area contributed by atoms with Gasteiger partial charge in [-0.1, -0.05) is 64.9 Å². The number of hydrogen-bond donors (Lipinski definition) is 0. The zero-order valence-electron chi connectivity index (χ0n) is 13.5. The number of aromatic nitrogens is 2. The fourth-order valence-electron chi connectivity index (χ4n) is 2.65. The maximum absolute atomic E-state index is 4.66. The molecule has 0 aliphatic carbocycles. The Labute approximate surface area is 125 Å². The molecule has 0 aliphatic rings. The van der Waals surface area contributed by atoms with Crippen molar-refractivity contribution in [1.82, 2.24) is 9.55 Å². The van der Waals surface area contributed by atoms with E-state index in [0.717, 1.165) is 25.1 Å². The number of unbranched alkanes of at least 4 members (excludes halogenated alkanes) is 7. The van der Waals surface area contributed by atoms with Crippen LogP contribution in [0.15, 0.2) is 18.9 Å². The van der Waals surface area contributed by atoms with Gasteiger partial charge in [0.15, 0.2) is 0 Å². The molecule has 2 nitrogen and oxygen atoms in total. The molecule has 0 spiro atoms. The summed E-state index contributed by atoms with van der Waals surface area (Å²) in [6.07, 6.45) is 17.1. The van der Waals surface area contributed by atoms with Gasteiger partial charge in [-0.3, -0.25) is 0 Å². The van der Waals surface area contributed by atoms with E-state index in [4.69, 9.17) is 0 Å². The van der Waals surface area contributed by atoms with Gasteiger partial charge < -0.3 is 4.57 Å². The number of hydrogen-bond acceptors (Lipinski definition) is 1. The minimum Gasteiger partial charge on any atom is -0.335 e. The van der Waals surface area contributed by atoms with Crippen LogP contribution >= 0.6 is 0 Å². The van der Waals surface area contributed by atoms with Crippen molar-refractivity contribution in [3.8, 4) is 0 Å². The maximum Gasteiger partial charge on any atom is 0.108 e. The van der Waals surface area contributed by atoms with Gasteiger partial charge >= 0.3 is 0 Å². The third-order valence-electron chi connectivity index (χ3n) is 3.83. The average molecular weight is 276 g/mol. The van der Waals surface area contributed by atoms with Crippen molar-refractivity contribution in [2.24, 2.45) is 0 Å². The van der Waals surface area contributed by atoms with E-state index in [-0.39, 0.29) is 0 Å². The lowest BCUT2D eigenvalue weighted by molar-refractivity contribution is 0.536. The van der Waals surface area contributed by atoms with Crippen LogP contribution in [-0.2, 0) is 19.4 Å². The fraction of sp³-hybridized carbons (Fsp3) is 0.722. The van der Waals surface area contributed by atoms with Gasteiger partial charge in [-0.15, -0.1) is 6.58 Å². The summed E-state index contributed by atoms with van der Waals surface area (Å²) in [5.74, 6) is 1.23. The summed E-state index contributed by atoms with van der Waals surface area (Å²) in [5.41, 5.74) is 1.16. The first-order valence-corrected chi connectivity index (χ1v) is 8.47. The van der Waals surface area contributed by atoms with Crippen LogP contribution in [0.5, 0.6) is 0 Å². The largest absolute Gasteiger partial charge is 0.335 e. The molecule has 0 unspecified atom stereocenters. The fourth-order valence-corrected chi connectivity index (χ4v) is 2.65. The minimum atomic E-state index is 0.886. The molecular formula is C18H32N2. The van der Waals surface area contributed by atoms with E-state index in [9.17, 15) is 0 Å². The van der Waals surface area contributed by atoms with Gasteiger partial charge in [0.2, 0.25) is 0 Å². The predicted octanol–water partition coefficient (Wildman–Crippen LogP) is 5.31. The summed E-state index contributed by atoms with van der Waals surface area (Å²) in [4.78, 5) is 4.66. The molecule has 0 aromatic carbocycles. The Hall–Kier alpha value is -1.05. The summed E-state index contributed by atoms with van der Waals surface area (Å²) in [7, 11) is 0. The van der Waals surface area contributed by atoms with E-state index in [2.05, 4.69) is 36.2 Å². The molecule has 1 aromatic rings. The van der Waals surface area contributed by atoms with Crippen molar-refractivity contribution in [3.63, 3.8) is 0 Å². The molecule has 1 aromatic heterocycles. The summed E-state index contributed by atoms with van der Waals surface area (Å²) < 4.78 is 2.34. The topological polar surface area (TPSA) is 17.8 Å². The zero-order chi connectivity index (χ0) is 14.6. The molecule has 0 amide bonds. The van der Waals surface area contributed by atoms with Gasteiger partial charge in [0, 0.05) is 25.6 Å². The highest BCUT2D eigenvalue weighted by Gasteiger charge is 2.04. The smallest absolute Gasteiger partial charge is 0.108 e. The molecule has 0 bridgehead atoms. The van der Waals surface area contributed by atoms with Crippen LogP contribution in [0.4, 0.5) is 0 Å². The number of rotatable bonds is 12. The van der Waals surface area contributed by atoms with Crippen molar-refractivity contribution in [3.05, 3.63) is 30.4 Å². The van der Waals surface area contributed by atoms with Crippen LogP contribution < -0.4 is 0 Å². The molecule has 0 saturated carbocycles. The minimum absolute atomic E-state index is 0.886. The number of aryl methyl sites for hydroxylation is 2. The lowest BCUT2D eigenvalue weighted by Crippen LogP contribution is -2.01. The van der Waals surface area contributed by atoms with Crippen LogP contribution in [-0.4, -0.2) is 9.55 Å². The highest BCUT2D eigenvalue weighted by atomic mass is 15.1. The molecule has 1 rings (SSSR count). The highest BCUT2D eigenvalue weighted by molar-refractivity contribution is 5.07. The van der Waals surface area contributed by atoms with E-state index in [0.29, 0.717) is 0 Å². The van der Waals surface area contributed by atoms with Gasteiger partial charge in [-0.25, -0.2) is 4.98 Å². The quantitative estimate of drug-likeness (QED) is 0.373. The third kappa shape index (κ3) is 6.40. The first-order chi connectivity index (χ1) is 9.81. The molecular weight excluding hydrogens is 244 g/mol. The Morgan fingerprint density at radius 3 is 2.30 bits per heavy atom. The van der Waals surface area contributed by atoms with Crippen LogP contribution in [0.25, 0.3) is 0 Å². The lowest BCUT2D eigenvalue weighted by atomic mass is 10.1. The van der Waals surface area contributed by atoms with E-state index in [1.54, 1.807) is 0 Å². The van der Waals surface area contributed by atoms with Crippen LogP contribution in [0.2, 0.25) is 0 Å². The number of allylic oxidation sites excluding steroid dienone is 1. The Morgan fingerprint density at radius 2 is 1.70 bits per heavy atom. The second-order valence-electron chi connectivity index (χ2n) is 5.66. The average Bonchev–Trinajstić information content (AvgIpc) is 2.84. The van der Waals surface area contributed by atoms with Crippen molar-refractivity contribution in [2.45, 2.75) is 84.6 Å². The van der Waals surface area contributed by atoms with Gasteiger partial charge in [0.25, 0.3) is 0 Å². The molecule has 0 fully saturated rings. The molecule has 0 aliphatic heterocycles. The van der Waals surface area contributed by atoms with E-state index >= 15 is 0 Å². The third-order valence-corrected chi connectivity index (χ3v) is 3.83. The van der Waals surface area contributed by atoms with Crippen LogP contribution in [0.3, 0.4) is 0 Å². The molecule has 114 valence electrons.